The van der Waals surface area contributed by atoms with Gasteiger partial charge in [0.2, 0.25) is 15.9 Å². The molecule has 0 saturated heterocycles. The quantitative estimate of drug-likeness (QED) is 0.379. The zero-order valence-corrected chi connectivity index (χ0v) is 19.4. The van der Waals surface area contributed by atoms with Crippen molar-refractivity contribution in [3.63, 3.8) is 0 Å². The van der Waals surface area contributed by atoms with Gasteiger partial charge in [0.15, 0.2) is 5.69 Å². The molecular weight excluding hydrogens is 471 g/mol. The minimum absolute atomic E-state index is 0.109. The average molecular weight is 491 g/mol. The largest absolute Gasteiger partial charge is 0.415 e. The van der Waals surface area contributed by atoms with Gasteiger partial charge in [0.1, 0.15) is 10.7 Å². The molecule has 0 unspecified atom stereocenters. The van der Waals surface area contributed by atoms with E-state index in [1.807, 2.05) is 12.1 Å². The first-order valence-corrected chi connectivity index (χ1v) is 12.3. The summed E-state index contributed by atoms with van der Waals surface area (Å²) in [6, 6.07) is 14.5. The molecule has 4 heterocycles. The normalized spacial score (nSPS) is 14.3. The highest BCUT2D eigenvalue weighted by Gasteiger charge is 2.34. The monoisotopic (exact) mass is 490 g/mol. The Morgan fingerprint density at radius 1 is 1.00 bits per heavy atom. The summed E-state index contributed by atoms with van der Waals surface area (Å²) in [4.78, 5) is 4.48. The number of pyridine rings is 1. The lowest BCUT2D eigenvalue weighted by Crippen LogP contribution is -2.36. The van der Waals surface area contributed by atoms with E-state index < -0.39 is 10.0 Å². The van der Waals surface area contributed by atoms with Crippen LogP contribution in [0.15, 0.2) is 70.1 Å². The number of halogens is 1. The number of hydrogen-bond donors (Lipinski definition) is 0. The number of aromatic nitrogens is 5. The predicted molar refractivity (Wildman–Crippen MR) is 125 cm³/mol. The molecule has 0 amide bonds. The number of rotatable bonds is 4. The van der Waals surface area contributed by atoms with E-state index >= 15 is 0 Å². The topological polar surface area (TPSA) is 107 Å². The summed E-state index contributed by atoms with van der Waals surface area (Å²) in [5, 5.41) is 13.5. The zero-order chi connectivity index (χ0) is 24.2. The fraction of sp³-hybridized carbons (Fsp3) is 0.167. The lowest BCUT2D eigenvalue weighted by atomic mass is 10.1. The van der Waals surface area contributed by atoms with E-state index in [0.717, 1.165) is 11.1 Å². The van der Waals surface area contributed by atoms with Gasteiger partial charge in [0.25, 0.3) is 5.89 Å². The number of nitrogens with zero attached hydrogens (tertiary/aromatic N) is 6. The highest BCUT2D eigenvalue weighted by molar-refractivity contribution is 7.89. The first kappa shape index (κ1) is 21.6. The Bertz CT molecular complexity index is 1670. The van der Waals surface area contributed by atoms with E-state index in [2.05, 4.69) is 20.3 Å². The van der Waals surface area contributed by atoms with Gasteiger partial charge in [0.05, 0.1) is 5.52 Å². The van der Waals surface area contributed by atoms with Crippen molar-refractivity contribution >= 4 is 20.9 Å². The van der Waals surface area contributed by atoms with Crippen LogP contribution in [0.25, 0.3) is 33.9 Å². The summed E-state index contributed by atoms with van der Waals surface area (Å²) in [6.45, 7) is 0.417. The number of aryl methyl sites for hydroxylation is 1. The van der Waals surface area contributed by atoms with Crippen LogP contribution in [0.5, 0.6) is 0 Å². The first-order valence-electron chi connectivity index (χ1n) is 10.9. The van der Waals surface area contributed by atoms with Crippen LogP contribution in [0.4, 0.5) is 4.39 Å². The molecule has 9 nitrogen and oxygen atoms in total. The molecule has 0 saturated carbocycles. The van der Waals surface area contributed by atoms with Crippen molar-refractivity contribution in [1.29, 1.82) is 0 Å². The maximum Gasteiger partial charge on any atom is 0.268 e. The second-order valence-electron chi connectivity index (χ2n) is 8.24. The van der Waals surface area contributed by atoms with Crippen LogP contribution < -0.4 is 0 Å². The van der Waals surface area contributed by atoms with Crippen LogP contribution in [-0.4, -0.2) is 44.2 Å². The summed E-state index contributed by atoms with van der Waals surface area (Å²) >= 11 is 0. The van der Waals surface area contributed by atoms with Gasteiger partial charge in [-0.15, -0.1) is 10.2 Å². The summed E-state index contributed by atoms with van der Waals surface area (Å²) in [6.07, 6.45) is 2.07. The predicted octanol–water partition coefficient (Wildman–Crippen LogP) is 3.57. The number of hydrogen-bond acceptors (Lipinski definition) is 7. The van der Waals surface area contributed by atoms with Crippen molar-refractivity contribution in [1.82, 2.24) is 29.3 Å². The second kappa shape index (κ2) is 8.07. The molecule has 5 aromatic rings. The van der Waals surface area contributed by atoms with Crippen molar-refractivity contribution in [3.05, 3.63) is 77.9 Å². The lowest BCUT2D eigenvalue weighted by molar-refractivity contribution is 0.386. The molecule has 6 rings (SSSR count). The van der Waals surface area contributed by atoms with Gasteiger partial charge in [0, 0.05) is 55.0 Å². The van der Waals surface area contributed by atoms with Crippen LogP contribution >= 0.6 is 0 Å². The third kappa shape index (κ3) is 3.60. The maximum atomic E-state index is 13.7. The Hall–Kier alpha value is -3.96. The molecule has 11 heteroatoms. The van der Waals surface area contributed by atoms with Crippen LogP contribution in [0, 0.1) is 5.82 Å². The maximum absolute atomic E-state index is 13.7. The summed E-state index contributed by atoms with van der Waals surface area (Å²) in [7, 11) is -2.03. The molecule has 0 fully saturated rings. The highest BCUT2D eigenvalue weighted by atomic mass is 32.2. The number of para-hydroxylation sites is 1. The standard InChI is InChI=1S/C24H19FN6O3S/c1-30-19-11-13-31(35(32,33)20-6-2-4-15-5-3-12-26-21(15)20)14-18(19)22(29-30)24-28-27-23(34-24)16-7-9-17(25)10-8-16/h2-10,12H,11,13-14H2,1H3. The van der Waals surface area contributed by atoms with Gasteiger partial charge in [-0.05, 0) is 36.4 Å². The molecule has 0 aliphatic carbocycles. The van der Waals surface area contributed by atoms with Gasteiger partial charge >= 0.3 is 0 Å². The van der Waals surface area contributed by atoms with Gasteiger partial charge in [-0.25, -0.2) is 12.8 Å². The third-order valence-corrected chi connectivity index (χ3v) is 8.02. The van der Waals surface area contributed by atoms with Crippen LogP contribution in [0.3, 0.4) is 0 Å². The van der Waals surface area contributed by atoms with Crippen LogP contribution in [-0.2, 0) is 30.0 Å². The molecule has 1 aliphatic heterocycles. The van der Waals surface area contributed by atoms with E-state index in [9.17, 15) is 12.8 Å². The van der Waals surface area contributed by atoms with E-state index in [1.165, 1.54) is 16.4 Å². The summed E-state index contributed by atoms with van der Waals surface area (Å²) in [5.74, 6) is 0.0313. The SMILES string of the molecule is Cn1nc(-c2nnc(-c3ccc(F)cc3)o2)c2c1CCN(S(=O)(=O)c1cccc3cccnc13)C2. The molecule has 1 aliphatic rings. The van der Waals surface area contributed by atoms with Gasteiger partial charge in [-0.1, -0.05) is 18.2 Å². The molecular formula is C24H19FN6O3S. The molecule has 0 N–H and O–H groups in total. The van der Waals surface area contributed by atoms with E-state index in [-0.39, 0.29) is 29.0 Å². The van der Waals surface area contributed by atoms with Gasteiger partial charge < -0.3 is 4.42 Å². The Morgan fingerprint density at radius 3 is 2.60 bits per heavy atom. The van der Waals surface area contributed by atoms with E-state index in [1.54, 1.807) is 48.3 Å². The zero-order valence-electron chi connectivity index (χ0n) is 18.6. The fourth-order valence-corrected chi connectivity index (χ4v) is 5.97. The molecule has 3 aromatic heterocycles. The third-order valence-electron chi connectivity index (χ3n) is 6.14. The Labute approximate surface area is 199 Å². The average Bonchev–Trinajstić information content (AvgIpc) is 3.49. The highest BCUT2D eigenvalue weighted by Crippen LogP contribution is 2.34. The van der Waals surface area contributed by atoms with Crippen molar-refractivity contribution in [2.75, 3.05) is 6.54 Å². The minimum atomic E-state index is -3.83. The van der Waals surface area contributed by atoms with Crippen LogP contribution in [0.2, 0.25) is 0 Å². The second-order valence-corrected chi connectivity index (χ2v) is 10.1. The van der Waals surface area contributed by atoms with Crippen molar-refractivity contribution in [2.24, 2.45) is 7.05 Å². The number of fused-ring (bicyclic) bond motifs is 2. The van der Waals surface area contributed by atoms with E-state index in [0.29, 0.717) is 35.3 Å². The summed E-state index contributed by atoms with van der Waals surface area (Å²) < 4.78 is 49.6. The van der Waals surface area contributed by atoms with Gasteiger partial charge in [-0.2, -0.15) is 9.40 Å². The Balaban J connectivity index is 1.37. The molecule has 0 spiro atoms. The molecule has 0 radical (unpaired) electrons. The van der Waals surface area contributed by atoms with E-state index in [4.69, 9.17) is 4.42 Å². The molecule has 0 bridgehead atoms. The smallest absolute Gasteiger partial charge is 0.268 e. The Morgan fingerprint density at radius 2 is 1.77 bits per heavy atom. The van der Waals surface area contributed by atoms with Crippen LogP contribution in [0.1, 0.15) is 11.3 Å². The minimum Gasteiger partial charge on any atom is -0.415 e. The van der Waals surface area contributed by atoms with Crippen molar-refractivity contribution < 1.29 is 17.2 Å². The molecule has 2 aromatic carbocycles. The molecule has 0 atom stereocenters. The molecule has 35 heavy (non-hydrogen) atoms. The fourth-order valence-electron chi connectivity index (χ4n) is 4.40. The van der Waals surface area contributed by atoms with Gasteiger partial charge in [-0.3, -0.25) is 9.67 Å². The first-order chi connectivity index (χ1) is 16.9. The Kier molecular flexibility index (Phi) is 4.97. The molecule has 176 valence electrons. The van der Waals surface area contributed by atoms with Crippen molar-refractivity contribution in [2.45, 2.75) is 17.9 Å². The summed E-state index contributed by atoms with van der Waals surface area (Å²) in [5.41, 5.74) is 3.06. The van der Waals surface area contributed by atoms with Crippen molar-refractivity contribution in [3.8, 4) is 23.0 Å². The lowest BCUT2D eigenvalue weighted by Gasteiger charge is -2.27. The number of benzene rings is 2. The number of sulfonamides is 1.